The molecular weight excluding hydrogens is 219 g/mol. The number of phosphoric ester groups is 1. The van der Waals surface area contributed by atoms with E-state index in [1.165, 1.54) is 0 Å². The Bertz CT molecular complexity index is 202. The van der Waals surface area contributed by atoms with Gasteiger partial charge in [-0.15, -0.1) is 0 Å². The van der Waals surface area contributed by atoms with Crippen LogP contribution >= 0.6 is 7.82 Å². The summed E-state index contributed by atoms with van der Waals surface area (Å²) in [4.78, 5) is 16.5. The molecule has 0 aromatic carbocycles. The maximum atomic E-state index is 10.2. The molecule has 0 saturated carbocycles. The van der Waals surface area contributed by atoms with Crippen molar-refractivity contribution in [2.75, 3.05) is 13.2 Å². The molecule has 0 heterocycles. The topological polar surface area (TPSA) is 148 Å². The van der Waals surface area contributed by atoms with Crippen LogP contribution in [0.15, 0.2) is 0 Å². The highest BCUT2D eigenvalue weighted by Gasteiger charge is 2.26. The number of rotatable bonds is 6. The van der Waals surface area contributed by atoms with Gasteiger partial charge in [-0.1, -0.05) is 0 Å². The van der Waals surface area contributed by atoms with Crippen molar-refractivity contribution in [1.82, 2.24) is 0 Å². The Morgan fingerprint density at radius 2 is 1.64 bits per heavy atom. The van der Waals surface area contributed by atoms with Crippen LogP contribution in [0, 0.1) is 0 Å². The predicted molar refractivity (Wildman–Crippen MR) is 43.1 cm³/mol. The van der Waals surface area contributed by atoms with Crippen molar-refractivity contribution in [3.8, 4) is 0 Å². The molecule has 86 valence electrons. The first-order chi connectivity index (χ1) is 6.28. The van der Waals surface area contributed by atoms with Gasteiger partial charge in [0.1, 0.15) is 18.3 Å². The van der Waals surface area contributed by atoms with Crippen molar-refractivity contribution < 1.29 is 39.3 Å². The maximum absolute atomic E-state index is 10.2. The van der Waals surface area contributed by atoms with E-state index in [2.05, 4.69) is 4.52 Å². The Morgan fingerprint density at radius 1 is 1.14 bits per heavy atom. The molecule has 0 radical (unpaired) electrons. The van der Waals surface area contributed by atoms with Crippen LogP contribution in [0.25, 0.3) is 0 Å². The number of hydrogen-bond acceptors (Lipinski definition) is 6. The van der Waals surface area contributed by atoms with E-state index in [1.807, 2.05) is 0 Å². The zero-order valence-electron chi connectivity index (χ0n) is 7.09. The highest BCUT2D eigenvalue weighted by Crippen LogP contribution is 2.35. The second kappa shape index (κ2) is 5.74. The van der Waals surface area contributed by atoms with E-state index in [1.54, 1.807) is 0 Å². The smallest absolute Gasteiger partial charge is 0.394 e. The van der Waals surface area contributed by atoms with Gasteiger partial charge in [-0.25, -0.2) is 4.57 Å². The van der Waals surface area contributed by atoms with E-state index in [9.17, 15) is 4.57 Å². The monoisotopic (exact) mass is 232 g/mol. The normalized spacial score (nSPS) is 19.0. The lowest BCUT2D eigenvalue weighted by molar-refractivity contribution is -0.0891. The van der Waals surface area contributed by atoms with E-state index in [-0.39, 0.29) is 0 Å². The van der Waals surface area contributed by atoms with Gasteiger partial charge in [-0.2, -0.15) is 0 Å². The van der Waals surface area contributed by atoms with E-state index in [0.29, 0.717) is 0 Å². The average molecular weight is 232 g/mol. The van der Waals surface area contributed by atoms with Gasteiger partial charge >= 0.3 is 7.82 Å². The van der Waals surface area contributed by atoms with Gasteiger partial charge in [0, 0.05) is 0 Å². The van der Waals surface area contributed by atoms with Gasteiger partial charge < -0.3 is 30.2 Å². The van der Waals surface area contributed by atoms with Gasteiger partial charge in [0.2, 0.25) is 0 Å². The Balaban J connectivity index is 3.96. The molecule has 0 unspecified atom stereocenters. The van der Waals surface area contributed by atoms with E-state index in [4.69, 9.17) is 30.2 Å². The molecule has 0 aliphatic heterocycles. The third-order valence-corrected chi connectivity index (χ3v) is 1.87. The van der Waals surface area contributed by atoms with Gasteiger partial charge in [-0.05, 0) is 0 Å². The van der Waals surface area contributed by atoms with Crippen molar-refractivity contribution in [2.45, 2.75) is 18.3 Å². The molecule has 0 aliphatic rings. The van der Waals surface area contributed by atoms with Crippen LogP contribution in [-0.2, 0) is 9.09 Å². The summed E-state index contributed by atoms with van der Waals surface area (Å²) in [5.74, 6) is 0. The second-order valence-electron chi connectivity index (χ2n) is 2.59. The maximum Gasteiger partial charge on any atom is 0.469 e. The van der Waals surface area contributed by atoms with Crippen molar-refractivity contribution in [2.24, 2.45) is 0 Å². The van der Waals surface area contributed by atoms with Crippen LogP contribution < -0.4 is 0 Å². The summed E-state index contributed by atoms with van der Waals surface area (Å²) in [7, 11) is -4.71. The Hall–Kier alpha value is -0.0500. The van der Waals surface area contributed by atoms with Crippen LogP contribution in [0.3, 0.4) is 0 Å². The zero-order valence-corrected chi connectivity index (χ0v) is 7.99. The molecule has 0 aromatic rings. The molecule has 8 nitrogen and oxygen atoms in total. The first-order valence-electron chi connectivity index (χ1n) is 3.63. The molecule has 0 amide bonds. The van der Waals surface area contributed by atoms with Crippen molar-refractivity contribution in [3.05, 3.63) is 0 Å². The van der Waals surface area contributed by atoms with Crippen LogP contribution in [0.1, 0.15) is 0 Å². The summed E-state index contributed by atoms with van der Waals surface area (Å²) in [5.41, 5.74) is 0. The molecule has 3 atom stereocenters. The fraction of sp³-hybridized carbons (Fsp3) is 1.00. The summed E-state index contributed by atoms with van der Waals surface area (Å²) in [6.07, 6.45) is -5.01. The van der Waals surface area contributed by atoms with Gasteiger partial charge in [-0.3, -0.25) is 4.52 Å². The minimum atomic E-state index is -4.71. The van der Waals surface area contributed by atoms with Crippen LogP contribution in [-0.4, -0.2) is 61.7 Å². The standard InChI is InChI=1S/C5H13O8P/c6-1-3(7)5(9)4(8)2-13-14(10,11)12/h3-9H,1-2H2,(H2,10,11,12)/t3-,4+,5+/m1/s1. The highest BCUT2D eigenvalue weighted by atomic mass is 31.2. The first kappa shape index (κ1) is 13.9. The Morgan fingerprint density at radius 3 is 2.00 bits per heavy atom. The quantitative estimate of drug-likeness (QED) is 0.268. The molecule has 9 heteroatoms. The summed E-state index contributed by atoms with van der Waals surface area (Å²) >= 11 is 0. The zero-order chi connectivity index (χ0) is 11.4. The van der Waals surface area contributed by atoms with E-state index >= 15 is 0 Å². The average Bonchev–Trinajstić information content (AvgIpc) is 2.10. The number of aliphatic hydroxyl groups is 4. The number of phosphoric acid groups is 1. The lowest BCUT2D eigenvalue weighted by Gasteiger charge is -2.21. The third kappa shape index (κ3) is 5.63. The minimum absolute atomic E-state index is 0.784. The SMILES string of the molecule is O=P(O)(O)OC[C@H](O)[C@@H](O)[C@H](O)CO. The second-order valence-corrected chi connectivity index (χ2v) is 3.83. The molecule has 0 aromatic heterocycles. The molecule has 0 saturated heterocycles. The first-order valence-corrected chi connectivity index (χ1v) is 5.16. The van der Waals surface area contributed by atoms with Gasteiger partial charge in [0.05, 0.1) is 13.2 Å². The predicted octanol–water partition coefficient (Wildman–Crippen LogP) is -2.83. The molecule has 0 bridgehead atoms. The number of aliphatic hydroxyl groups excluding tert-OH is 4. The molecule has 6 N–H and O–H groups in total. The summed E-state index contributed by atoms with van der Waals surface area (Å²) in [6, 6.07) is 0. The lowest BCUT2D eigenvalue weighted by Crippen LogP contribution is -2.41. The molecule has 0 spiro atoms. The number of hydrogen-bond donors (Lipinski definition) is 6. The largest absolute Gasteiger partial charge is 0.469 e. The summed E-state index contributed by atoms with van der Waals surface area (Å²) in [6.45, 7) is -1.63. The van der Waals surface area contributed by atoms with Gasteiger partial charge in [0.15, 0.2) is 0 Å². The molecule has 0 fully saturated rings. The Labute approximate surface area is 79.6 Å². The molecule has 0 rings (SSSR count). The van der Waals surface area contributed by atoms with E-state index < -0.39 is 39.3 Å². The van der Waals surface area contributed by atoms with Crippen LogP contribution in [0.2, 0.25) is 0 Å². The lowest BCUT2D eigenvalue weighted by atomic mass is 10.1. The summed E-state index contributed by atoms with van der Waals surface area (Å²) in [5, 5.41) is 35.2. The molecule has 0 aliphatic carbocycles. The Kier molecular flexibility index (Phi) is 5.72. The minimum Gasteiger partial charge on any atom is -0.394 e. The van der Waals surface area contributed by atoms with E-state index in [0.717, 1.165) is 0 Å². The third-order valence-electron chi connectivity index (χ3n) is 1.39. The fourth-order valence-electron chi connectivity index (χ4n) is 0.636. The van der Waals surface area contributed by atoms with Crippen molar-refractivity contribution >= 4 is 7.82 Å². The van der Waals surface area contributed by atoms with Crippen LogP contribution in [0.4, 0.5) is 0 Å². The van der Waals surface area contributed by atoms with Crippen LogP contribution in [0.5, 0.6) is 0 Å². The van der Waals surface area contributed by atoms with Gasteiger partial charge in [0.25, 0.3) is 0 Å². The highest BCUT2D eigenvalue weighted by molar-refractivity contribution is 7.46. The molecular formula is C5H13O8P. The summed E-state index contributed by atoms with van der Waals surface area (Å²) < 4.78 is 14.0. The molecule has 14 heavy (non-hydrogen) atoms. The van der Waals surface area contributed by atoms with Crippen molar-refractivity contribution in [3.63, 3.8) is 0 Å². The fourth-order valence-corrected chi connectivity index (χ4v) is 0.983. The van der Waals surface area contributed by atoms with Crippen molar-refractivity contribution in [1.29, 1.82) is 0 Å².